The topological polar surface area (TPSA) is 37.3 Å². The fourth-order valence-electron chi connectivity index (χ4n) is 2.23. The van der Waals surface area contributed by atoms with Crippen molar-refractivity contribution in [2.75, 3.05) is 0 Å². The molecule has 0 amide bonds. The highest BCUT2D eigenvalue weighted by Gasteiger charge is 2.02. The fourth-order valence-corrected chi connectivity index (χ4v) is 2.23. The van der Waals surface area contributed by atoms with Crippen molar-refractivity contribution >= 4 is 5.97 Å². The first kappa shape index (κ1) is 19.0. The number of carboxylic acid groups (broad SMARTS) is 1. The van der Waals surface area contributed by atoms with Crippen LogP contribution in [0.25, 0.3) is 0 Å². The first-order valence-electron chi connectivity index (χ1n) is 8.34. The summed E-state index contributed by atoms with van der Waals surface area (Å²) in [7, 11) is 0. The Morgan fingerprint density at radius 3 is 2.35 bits per heavy atom. The molecule has 20 heavy (non-hydrogen) atoms. The highest BCUT2D eigenvalue weighted by atomic mass is 16.4. The van der Waals surface area contributed by atoms with Crippen molar-refractivity contribution in [2.45, 2.75) is 90.9 Å². The highest BCUT2D eigenvalue weighted by Crippen LogP contribution is 2.14. The van der Waals surface area contributed by atoms with E-state index in [9.17, 15) is 4.79 Å². The first-order chi connectivity index (χ1) is 9.66. The Morgan fingerprint density at radius 1 is 0.950 bits per heavy atom. The molecule has 0 aliphatic heterocycles. The number of aliphatic carboxylic acids is 1. The molecule has 0 spiro atoms. The van der Waals surface area contributed by atoms with E-state index in [4.69, 9.17) is 5.11 Å². The van der Waals surface area contributed by atoms with Gasteiger partial charge in [-0.15, -0.1) is 11.8 Å². The quantitative estimate of drug-likeness (QED) is 0.383. The number of carbonyl (C=O) groups is 1. The number of hydrogen-bond acceptors (Lipinski definition) is 1. The molecule has 0 heterocycles. The van der Waals surface area contributed by atoms with Crippen LogP contribution in [0.1, 0.15) is 90.9 Å². The Labute approximate surface area is 125 Å². The molecular formula is C18H32O2. The lowest BCUT2D eigenvalue weighted by molar-refractivity contribution is -0.137. The SMILES string of the molecule is CCCCCCCC#CCCC(C)CCCCC(=O)O. The molecule has 0 saturated heterocycles. The molecule has 0 fully saturated rings. The largest absolute Gasteiger partial charge is 0.481 e. The molecule has 0 aromatic rings. The van der Waals surface area contributed by atoms with Crippen LogP contribution >= 0.6 is 0 Å². The van der Waals surface area contributed by atoms with Gasteiger partial charge in [0.2, 0.25) is 0 Å². The van der Waals surface area contributed by atoms with Gasteiger partial charge in [-0.05, 0) is 25.2 Å². The normalized spacial score (nSPS) is 11.7. The second-order valence-corrected chi connectivity index (χ2v) is 5.80. The molecule has 2 heteroatoms. The third-order valence-electron chi connectivity index (χ3n) is 3.63. The van der Waals surface area contributed by atoms with Gasteiger partial charge >= 0.3 is 5.97 Å². The van der Waals surface area contributed by atoms with E-state index in [1.165, 1.54) is 32.1 Å². The van der Waals surface area contributed by atoms with Gasteiger partial charge in [0.15, 0.2) is 0 Å². The van der Waals surface area contributed by atoms with Crippen molar-refractivity contribution in [2.24, 2.45) is 5.92 Å². The summed E-state index contributed by atoms with van der Waals surface area (Å²) < 4.78 is 0. The average molecular weight is 280 g/mol. The lowest BCUT2D eigenvalue weighted by atomic mass is 9.98. The molecule has 1 atom stereocenters. The van der Waals surface area contributed by atoms with Crippen LogP contribution in [0.15, 0.2) is 0 Å². The lowest BCUT2D eigenvalue weighted by Gasteiger charge is -2.07. The van der Waals surface area contributed by atoms with Crippen molar-refractivity contribution in [3.63, 3.8) is 0 Å². The van der Waals surface area contributed by atoms with E-state index in [-0.39, 0.29) is 0 Å². The lowest BCUT2D eigenvalue weighted by Crippen LogP contribution is -1.97. The van der Waals surface area contributed by atoms with Gasteiger partial charge in [-0.1, -0.05) is 52.4 Å². The maximum atomic E-state index is 10.4. The van der Waals surface area contributed by atoms with Crippen molar-refractivity contribution in [3.8, 4) is 11.8 Å². The summed E-state index contributed by atoms with van der Waals surface area (Å²) in [5.41, 5.74) is 0. The summed E-state index contributed by atoms with van der Waals surface area (Å²) in [4.78, 5) is 10.4. The maximum absolute atomic E-state index is 10.4. The summed E-state index contributed by atoms with van der Waals surface area (Å²) in [6.07, 6.45) is 13.0. The average Bonchev–Trinajstić information content (AvgIpc) is 2.41. The standard InChI is InChI=1S/C18H32O2/c1-3-4-5-6-7-8-9-10-11-14-17(2)15-12-13-16-18(19)20/h17H,3-8,11-16H2,1-2H3,(H,19,20). The number of hydrogen-bond donors (Lipinski definition) is 1. The van der Waals surface area contributed by atoms with Crippen molar-refractivity contribution in [3.05, 3.63) is 0 Å². The van der Waals surface area contributed by atoms with Gasteiger partial charge in [-0.25, -0.2) is 0 Å². The van der Waals surface area contributed by atoms with Crippen LogP contribution in [0.3, 0.4) is 0 Å². The van der Waals surface area contributed by atoms with Crippen LogP contribution in [0.5, 0.6) is 0 Å². The van der Waals surface area contributed by atoms with Crippen molar-refractivity contribution in [1.29, 1.82) is 0 Å². The molecule has 116 valence electrons. The van der Waals surface area contributed by atoms with Crippen LogP contribution < -0.4 is 0 Å². The Balaban J connectivity index is 3.33. The molecule has 0 bridgehead atoms. The molecule has 0 radical (unpaired) electrons. The third kappa shape index (κ3) is 15.1. The van der Waals surface area contributed by atoms with Crippen molar-refractivity contribution in [1.82, 2.24) is 0 Å². The van der Waals surface area contributed by atoms with E-state index < -0.39 is 5.97 Å². The number of carboxylic acids is 1. The van der Waals surface area contributed by atoms with Crippen LogP contribution in [0, 0.1) is 17.8 Å². The van der Waals surface area contributed by atoms with Gasteiger partial charge in [0.25, 0.3) is 0 Å². The van der Waals surface area contributed by atoms with E-state index >= 15 is 0 Å². The predicted octanol–water partition coefficient (Wildman–Crippen LogP) is 5.41. The summed E-state index contributed by atoms with van der Waals surface area (Å²) in [6, 6.07) is 0. The molecule has 0 aromatic carbocycles. The highest BCUT2D eigenvalue weighted by molar-refractivity contribution is 5.66. The van der Waals surface area contributed by atoms with Crippen LogP contribution in [0.2, 0.25) is 0 Å². The Bertz CT molecular complexity index is 286. The second-order valence-electron chi connectivity index (χ2n) is 5.80. The summed E-state index contributed by atoms with van der Waals surface area (Å²) in [5.74, 6) is 6.53. The summed E-state index contributed by atoms with van der Waals surface area (Å²) >= 11 is 0. The van der Waals surface area contributed by atoms with E-state index in [0.29, 0.717) is 12.3 Å². The minimum absolute atomic E-state index is 0.310. The molecule has 0 aliphatic rings. The molecule has 0 aliphatic carbocycles. The number of rotatable bonds is 12. The maximum Gasteiger partial charge on any atom is 0.303 e. The van der Waals surface area contributed by atoms with E-state index in [1.807, 2.05) is 0 Å². The van der Waals surface area contributed by atoms with E-state index in [0.717, 1.165) is 38.5 Å². The zero-order valence-corrected chi connectivity index (χ0v) is 13.4. The zero-order chi connectivity index (χ0) is 15.1. The minimum atomic E-state index is -0.678. The van der Waals surface area contributed by atoms with Crippen LogP contribution in [0.4, 0.5) is 0 Å². The van der Waals surface area contributed by atoms with Crippen LogP contribution in [-0.4, -0.2) is 11.1 Å². The third-order valence-corrected chi connectivity index (χ3v) is 3.63. The molecule has 1 unspecified atom stereocenters. The molecule has 1 N–H and O–H groups in total. The second kappa shape index (κ2) is 14.4. The summed E-state index contributed by atoms with van der Waals surface area (Å²) in [6.45, 7) is 4.48. The number of unbranched alkanes of at least 4 members (excludes halogenated alkanes) is 6. The van der Waals surface area contributed by atoms with Gasteiger partial charge in [0.1, 0.15) is 0 Å². The monoisotopic (exact) mass is 280 g/mol. The van der Waals surface area contributed by atoms with E-state index in [1.54, 1.807) is 0 Å². The predicted molar refractivity (Wildman–Crippen MR) is 85.7 cm³/mol. The Kier molecular flexibility index (Phi) is 13.7. The fraction of sp³-hybridized carbons (Fsp3) is 0.833. The van der Waals surface area contributed by atoms with Gasteiger partial charge < -0.3 is 5.11 Å². The molecule has 0 rings (SSSR count). The molecule has 2 nitrogen and oxygen atoms in total. The van der Waals surface area contributed by atoms with Gasteiger partial charge in [0, 0.05) is 19.3 Å². The van der Waals surface area contributed by atoms with E-state index in [2.05, 4.69) is 25.7 Å². The molecular weight excluding hydrogens is 248 g/mol. The first-order valence-corrected chi connectivity index (χ1v) is 8.34. The van der Waals surface area contributed by atoms with Crippen molar-refractivity contribution < 1.29 is 9.90 Å². The van der Waals surface area contributed by atoms with Gasteiger partial charge in [-0.3, -0.25) is 4.79 Å². The van der Waals surface area contributed by atoms with Gasteiger partial charge in [0.05, 0.1) is 0 Å². The molecule has 0 aromatic heterocycles. The Hall–Kier alpha value is -0.970. The Morgan fingerprint density at radius 2 is 1.65 bits per heavy atom. The minimum Gasteiger partial charge on any atom is -0.481 e. The van der Waals surface area contributed by atoms with Gasteiger partial charge in [-0.2, -0.15) is 0 Å². The molecule has 0 saturated carbocycles. The smallest absolute Gasteiger partial charge is 0.303 e. The zero-order valence-electron chi connectivity index (χ0n) is 13.4. The summed E-state index contributed by atoms with van der Waals surface area (Å²) in [5, 5.41) is 8.55. The van der Waals surface area contributed by atoms with Crippen LogP contribution in [-0.2, 0) is 4.79 Å².